The highest BCUT2D eigenvalue weighted by atomic mass is 16.5. The fraction of sp³-hybridized carbons (Fsp3) is 0.241. The number of carbonyl (C=O) groups excluding carboxylic acids is 4. The van der Waals surface area contributed by atoms with Crippen molar-refractivity contribution in [1.29, 1.82) is 0 Å². The molecule has 2 atom stereocenters. The van der Waals surface area contributed by atoms with Crippen molar-refractivity contribution < 1.29 is 48.0 Å². The second-order valence-electron chi connectivity index (χ2n) is 10.1. The largest absolute Gasteiger partial charge is 0.506 e. The van der Waals surface area contributed by atoms with Gasteiger partial charge in [-0.15, -0.1) is 0 Å². The molecule has 2 unspecified atom stereocenters. The number of ketones is 2. The Morgan fingerprint density at radius 2 is 1.38 bits per heavy atom. The summed E-state index contributed by atoms with van der Waals surface area (Å²) in [6.45, 7) is 3.43. The fourth-order valence-electron chi connectivity index (χ4n) is 6.03. The Hall–Kier alpha value is -4.86. The van der Waals surface area contributed by atoms with Gasteiger partial charge in [-0.2, -0.15) is 0 Å². The summed E-state index contributed by atoms with van der Waals surface area (Å²) in [5, 5.41) is 23.0. The maximum atomic E-state index is 13.9. The van der Waals surface area contributed by atoms with Crippen molar-refractivity contribution in [2.45, 2.75) is 38.9 Å². The van der Waals surface area contributed by atoms with E-state index in [0.29, 0.717) is 22.9 Å². The minimum Gasteiger partial charge on any atom is -0.506 e. The van der Waals surface area contributed by atoms with Crippen molar-refractivity contribution in [2.24, 2.45) is 0 Å². The number of rotatable bonds is 1. The van der Waals surface area contributed by atoms with Crippen LogP contribution in [0.1, 0.15) is 77.7 Å². The number of furan rings is 1. The SMILES string of the molecule is COc1cc2cc3c(c(O)c2c2oc4c(c12)C(=O)c1c(cc2c(c1O)C(=O)OC(C)C2)C4=O)C(=O)OC(C)C3. The smallest absolute Gasteiger partial charge is 0.342 e. The number of fused-ring (bicyclic) bond motifs is 8. The lowest BCUT2D eigenvalue weighted by atomic mass is 9.82. The van der Waals surface area contributed by atoms with E-state index in [0.717, 1.165) is 0 Å². The van der Waals surface area contributed by atoms with Gasteiger partial charge in [0.15, 0.2) is 11.3 Å². The van der Waals surface area contributed by atoms with Crippen LogP contribution < -0.4 is 4.74 Å². The number of aromatic hydroxyl groups is 2. The first-order valence-corrected chi connectivity index (χ1v) is 12.3. The van der Waals surface area contributed by atoms with Crippen LogP contribution in [0.25, 0.3) is 21.7 Å². The standard InChI is InChI=1S/C29H20O10/c1-9-4-11-6-13-8-15(36-3)20-21-25(33)19-14(7-12-5-10(2)38-29(35)18(12)24(19)32)22(30)27(21)39-26(20)16(13)23(31)17(11)28(34)37-9/h6-10,31-32H,4-5H2,1-3H3. The minimum atomic E-state index is -0.786. The van der Waals surface area contributed by atoms with E-state index in [4.69, 9.17) is 18.6 Å². The third-order valence-corrected chi connectivity index (χ3v) is 7.63. The Morgan fingerprint density at radius 1 is 0.769 bits per heavy atom. The number of ether oxygens (including phenoxy) is 3. The Morgan fingerprint density at radius 3 is 2.03 bits per heavy atom. The molecular formula is C29H20O10. The van der Waals surface area contributed by atoms with Gasteiger partial charge in [0.1, 0.15) is 40.6 Å². The Balaban J connectivity index is 1.55. The summed E-state index contributed by atoms with van der Waals surface area (Å²) in [4.78, 5) is 52.8. The molecule has 3 heterocycles. The highest BCUT2D eigenvalue weighted by Gasteiger charge is 2.42. The first-order valence-electron chi connectivity index (χ1n) is 12.3. The molecule has 0 saturated carbocycles. The molecule has 0 fully saturated rings. The van der Waals surface area contributed by atoms with E-state index in [1.807, 2.05) is 0 Å². The van der Waals surface area contributed by atoms with E-state index in [9.17, 15) is 29.4 Å². The molecule has 3 aromatic carbocycles. The summed E-state index contributed by atoms with van der Waals surface area (Å²) < 4.78 is 22.1. The summed E-state index contributed by atoms with van der Waals surface area (Å²) in [7, 11) is 1.38. The number of esters is 2. The highest BCUT2D eigenvalue weighted by Crippen LogP contribution is 2.49. The van der Waals surface area contributed by atoms with Crippen LogP contribution in [0.4, 0.5) is 0 Å². The molecule has 0 amide bonds. The van der Waals surface area contributed by atoms with Crippen molar-refractivity contribution in [3.63, 3.8) is 0 Å². The van der Waals surface area contributed by atoms with Crippen LogP contribution >= 0.6 is 0 Å². The summed E-state index contributed by atoms with van der Waals surface area (Å²) >= 11 is 0. The normalized spacial score (nSPS) is 19.8. The number of phenols is 2. The van der Waals surface area contributed by atoms with Crippen LogP contribution in [0.15, 0.2) is 22.6 Å². The second-order valence-corrected chi connectivity index (χ2v) is 10.1. The maximum absolute atomic E-state index is 13.9. The van der Waals surface area contributed by atoms with Gasteiger partial charge < -0.3 is 28.8 Å². The number of hydrogen-bond donors (Lipinski definition) is 2. The number of cyclic esters (lactones) is 2. The monoisotopic (exact) mass is 528 g/mol. The first kappa shape index (κ1) is 23.3. The lowest BCUT2D eigenvalue weighted by Crippen LogP contribution is -2.28. The predicted octanol–water partition coefficient (Wildman–Crippen LogP) is 3.98. The molecule has 2 aliphatic heterocycles. The molecule has 7 rings (SSSR count). The summed E-state index contributed by atoms with van der Waals surface area (Å²) in [5.41, 5.74) is 0.143. The topological polar surface area (TPSA) is 150 Å². The van der Waals surface area contributed by atoms with Crippen molar-refractivity contribution in [1.82, 2.24) is 0 Å². The van der Waals surface area contributed by atoms with E-state index in [1.54, 1.807) is 26.0 Å². The molecule has 2 N–H and O–H groups in total. The van der Waals surface area contributed by atoms with Gasteiger partial charge in [-0.3, -0.25) is 9.59 Å². The van der Waals surface area contributed by atoms with Crippen LogP contribution in [0.3, 0.4) is 0 Å². The van der Waals surface area contributed by atoms with Gasteiger partial charge in [-0.25, -0.2) is 9.59 Å². The van der Waals surface area contributed by atoms with Crippen LogP contribution in [0.2, 0.25) is 0 Å². The summed E-state index contributed by atoms with van der Waals surface area (Å²) in [6, 6.07) is 4.71. The van der Waals surface area contributed by atoms with E-state index in [-0.39, 0.29) is 68.2 Å². The van der Waals surface area contributed by atoms with Gasteiger partial charge in [0.05, 0.1) is 29.0 Å². The maximum Gasteiger partial charge on any atom is 0.342 e. The zero-order valence-corrected chi connectivity index (χ0v) is 21.0. The Bertz CT molecular complexity index is 1880. The number of hydrogen-bond acceptors (Lipinski definition) is 10. The third-order valence-electron chi connectivity index (χ3n) is 7.63. The van der Waals surface area contributed by atoms with Gasteiger partial charge in [0.25, 0.3) is 0 Å². The summed E-state index contributed by atoms with van der Waals surface area (Å²) in [5.74, 6) is -4.06. The molecule has 10 heteroatoms. The van der Waals surface area contributed by atoms with E-state index in [1.165, 1.54) is 13.2 Å². The average Bonchev–Trinajstić information content (AvgIpc) is 3.26. The van der Waals surface area contributed by atoms with Gasteiger partial charge in [0.2, 0.25) is 11.6 Å². The van der Waals surface area contributed by atoms with Crippen molar-refractivity contribution >= 4 is 45.2 Å². The number of carbonyl (C=O) groups is 4. The van der Waals surface area contributed by atoms with E-state index in [2.05, 4.69) is 0 Å². The van der Waals surface area contributed by atoms with E-state index < -0.39 is 41.1 Å². The Kier molecular flexibility index (Phi) is 4.53. The van der Waals surface area contributed by atoms with Gasteiger partial charge in [-0.1, -0.05) is 0 Å². The van der Waals surface area contributed by atoms with E-state index >= 15 is 0 Å². The van der Waals surface area contributed by atoms with Crippen LogP contribution in [-0.4, -0.2) is 53.0 Å². The first-order chi connectivity index (χ1) is 18.6. The number of methoxy groups -OCH3 is 1. The number of benzene rings is 3. The lowest BCUT2D eigenvalue weighted by molar-refractivity contribution is 0.0286. The van der Waals surface area contributed by atoms with Crippen LogP contribution in [0, 0.1) is 0 Å². The minimum absolute atomic E-state index is 0.0136. The van der Waals surface area contributed by atoms with Crippen LogP contribution in [0.5, 0.6) is 17.2 Å². The molecule has 0 saturated heterocycles. The lowest BCUT2D eigenvalue weighted by Gasteiger charge is -2.25. The van der Waals surface area contributed by atoms with Crippen molar-refractivity contribution in [3.8, 4) is 17.2 Å². The van der Waals surface area contributed by atoms with Crippen LogP contribution in [-0.2, 0) is 22.3 Å². The van der Waals surface area contributed by atoms with Gasteiger partial charge in [-0.05, 0) is 48.6 Å². The molecule has 1 aliphatic carbocycles. The molecule has 1 aromatic heterocycles. The molecule has 10 nitrogen and oxygen atoms in total. The fourth-order valence-corrected chi connectivity index (χ4v) is 6.03. The molecule has 39 heavy (non-hydrogen) atoms. The van der Waals surface area contributed by atoms with Crippen molar-refractivity contribution in [2.75, 3.05) is 7.11 Å². The molecule has 3 aliphatic rings. The molecule has 0 radical (unpaired) electrons. The summed E-state index contributed by atoms with van der Waals surface area (Å²) in [6.07, 6.45) is -0.215. The number of phenolic OH excluding ortho intramolecular Hbond substituents is 2. The molecule has 196 valence electrons. The molecular weight excluding hydrogens is 508 g/mol. The molecule has 4 aromatic rings. The van der Waals surface area contributed by atoms with Gasteiger partial charge in [0, 0.05) is 18.4 Å². The quantitative estimate of drug-likeness (QED) is 0.306. The second kappa shape index (κ2) is 7.59. The van der Waals surface area contributed by atoms with Crippen molar-refractivity contribution in [3.05, 3.63) is 62.9 Å². The van der Waals surface area contributed by atoms with Gasteiger partial charge >= 0.3 is 11.9 Å². The third kappa shape index (κ3) is 2.91. The zero-order valence-electron chi connectivity index (χ0n) is 21.0. The zero-order chi connectivity index (χ0) is 27.5. The Labute approximate surface area is 219 Å². The highest BCUT2D eigenvalue weighted by molar-refractivity contribution is 6.35. The molecule has 0 bridgehead atoms. The molecule has 0 spiro atoms. The average molecular weight is 528 g/mol. The predicted molar refractivity (Wildman–Crippen MR) is 134 cm³/mol.